The second-order valence-electron chi connectivity index (χ2n) is 5.65. The van der Waals surface area contributed by atoms with Crippen molar-refractivity contribution in [1.82, 2.24) is 4.90 Å². The van der Waals surface area contributed by atoms with Crippen LogP contribution in [0.2, 0.25) is 0 Å². The number of hydrogen-bond acceptors (Lipinski definition) is 3. The van der Waals surface area contributed by atoms with Crippen LogP contribution in [0.15, 0.2) is 30.3 Å². The first kappa shape index (κ1) is 16.1. The number of ether oxygens (including phenoxy) is 1. The van der Waals surface area contributed by atoms with Gasteiger partial charge in [-0.3, -0.25) is 4.79 Å². The Morgan fingerprint density at radius 2 is 2.09 bits per heavy atom. The fourth-order valence-corrected chi connectivity index (χ4v) is 2.42. The fourth-order valence-electron chi connectivity index (χ4n) is 2.42. The van der Waals surface area contributed by atoms with Gasteiger partial charge in [-0.05, 0) is 49.5 Å². The predicted octanol–water partition coefficient (Wildman–Crippen LogP) is 3.39. The second kappa shape index (κ2) is 7.13. The van der Waals surface area contributed by atoms with Gasteiger partial charge in [0.2, 0.25) is 5.91 Å². The highest BCUT2D eigenvalue weighted by molar-refractivity contribution is 5.92. The van der Waals surface area contributed by atoms with E-state index in [-0.39, 0.29) is 5.91 Å². The first-order valence-corrected chi connectivity index (χ1v) is 7.71. The summed E-state index contributed by atoms with van der Waals surface area (Å²) in [4.78, 5) is 13.7. The minimum Gasteiger partial charge on any atom is -0.494 e. The molecule has 0 bridgehead atoms. The molecule has 1 amide bonds. The minimum atomic E-state index is -0.598. The van der Waals surface area contributed by atoms with E-state index < -0.39 is 5.54 Å². The fraction of sp³-hybridized carbons (Fsp3) is 0.444. The lowest BCUT2D eigenvalue weighted by molar-refractivity contribution is -0.130. The zero-order valence-corrected chi connectivity index (χ0v) is 13.2. The number of amides is 1. The van der Waals surface area contributed by atoms with Crippen LogP contribution >= 0.6 is 0 Å². The van der Waals surface area contributed by atoms with Gasteiger partial charge in [-0.25, -0.2) is 0 Å². The quantitative estimate of drug-likeness (QED) is 0.756. The molecule has 1 fully saturated rings. The standard InChI is InChI=1S/C18H22N2O2/c1-3-13-22-16-8-5-15(6-9-16)7-10-17(21)20(2)18(14-19)11-4-12-18/h5-10H,3-4,11-13H2,1-2H3/b10-7+. The summed E-state index contributed by atoms with van der Waals surface area (Å²) in [6.45, 7) is 2.77. The molecule has 1 aromatic carbocycles. The van der Waals surface area contributed by atoms with Crippen LogP contribution in [0.25, 0.3) is 6.08 Å². The lowest BCUT2D eigenvalue weighted by atomic mass is 9.76. The molecule has 22 heavy (non-hydrogen) atoms. The molecule has 0 atom stereocenters. The molecule has 0 aliphatic heterocycles. The predicted molar refractivity (Wildman–Crippen MR) is 86.2 cm³/mol. The Balaban J connectivity index is 1.96. The summed E-state index contributed by atoms with van der Waals surface area (Å²) in [6.07, 6.45) is 6.81. The van der Waals surface area contributed by atoms with E-state index in [9.17, 15) is 10.1 Å². The molecule has 1 aliphatic rings. The third-order valence-electron chi connectivity index (χ3n) is 4.13. The van der Waals surface area contributed by atoms with Crippen molar-refractivity contribution in [2.45, 2.75) is 38.1 Å². The van der Waals surface area contributed by atoms with Crippen LogP contribution in [0, 0.1) is 11.3 Å². The minimum absolute atomic E-state index is 0.132. The largest absolute Gasteiger partial charge is 0.494 e. The van der Waals surface area contributed by atoms with Crippen LogP contribution in [0.4, 0.5) is 0 Å². The number of nitriles is 1. The summed E-state index contributed by atoms with van der Waals surface area (Å²) in [5, 5.41) is 9.26. The Kier molecular flexibility index (Phi) is 5.21. The summed E-state index contributed by atoms with van der Waals surface area (Å²) in [7, 11) is 1.71. The van der Waals surface area contributed by atoms with Crippen LogP contribution in [-0.2, 0) is 4.79 Å². The van der Waals surface area contributed by atoms with Crippen LogP contribution in [0.3, 0.4) is 0 Å². The Hall–Kier alpha value is -2.28. The molecule has 1 aliphatic carbocycles. The molecular weight excluding hydrogens is 276 g/mol. The van der Waals surface area contributed by atoms with Crippen molar-refractivity contribution in [2.75, 3.05) is 13.7 Å². The van der Waals surface area contributed by atoms with E-state index in [0.717, 1.165) is 37.0 Å². The first-order valence-electron chi connectivity index (χ1n) is 7.71. The smallest absolute Gasteiger partial charge is 0.247 e. The third-order valence-corrected chi connectivity index (χ3v) is 4.13. The highest BCUT2D eigenvalue weighted by Crippen LogP contribution is 2.36. The van der Waals surface area contributed by atoms with Gasteiger partial charge >= 0.3 is 0 Å². The summed E-state index contributed by atoms with van der Waals surface area (Å²) in [5.41, 5.74) is 0.337. The van der Waals surface area contributed by atoms with Crippen molar-refractivity contribution in [3.63, 3.8) is 0 Å². The lowest BCUT2D eigenvalue weighted by Gasteiger charge is -2.42. The Morgan fingerprint density at radius 3 is 2.59 bits per heavy atom. The second-order valence-corrected chi connectivity index (χ2v) is 5.65. The van der Waals surface area contributed by atoms with Crippen molar-refractivity contribution < 1.29 is 9.53 Å². The monoisotopic (exact) mass is 298 g/mol. The zero-order valence-electron chi connectivity index (χ0n) is 13.2. The van der Waals surface area contributed by atoms with Gasteiger partial charge in [-0.1, -0.05) is 19.1 Å². The molecule has 1 saturated carbocycles. The molecule has 0 unspecified atom stereocenters. The maximum Gasteiger partial charge on any atom is 0.247 e. The van der Waals surface area contributed by atoms with Gasteiger partial charge in [0.05, 0.1) is 12.7 Å². The zero-order chi connectivity index (χ0) is 16.0. The molecule has 4 heteroatoms. The van der Waals surface area contributed by atoms with Gasteiger partial charge < -0.3 is 9.64 Å². The van der Waals surface area contributed by atoms with E-state index in [1.807, 2.05) is 24.3 Å². The van der Waals surface area contributed by atoms with Crippen LogP contribution in [0.1, 0.15) is 38.2 Å². The number of carbonyl (C=O) groups is 1. The maximum atomic E-state index is 12.2. The number of benzene rings is 1. The van der Waals surface area contributed by atoms with E-state index >= 15 is 0 Å². The molecule has 0 heterocycles. The number of rotatable bonds is 6. The van der Waals surface area contributed by atoms with Gasteiger partial charge in [0, 0.05) is 13.1 Å². The highest BCUT2D eigenvalue weighted by Gasteiger charge is 2.42. The van der Waals surface area contributed by atoms with Crippen LogP contribution < -0.4 is 4.74 Å². The normalized spacial score (nSPS) is 15.9. The molecule has 1 aromatic rings. The number of hydrogen-bond donors (Lipinski definition) is 0. The van der Waals surface area contributed by atoms with Crippen LogP contribution in [0.5, 0.6) is 5.75 Å². The van der Waals surface area contributed by atoms with Gasteiger partial charge in [0.15, 0.2) is 0 Å². The third kappa shape index (κ3) is 3.48. The van der Waals surface area contributed by atoms with Gasteiger partial charge in [0.25, 0.3) is 0 Å². The Morgan fingerprint density at radius 1 is 1.41 bits per heavy atom. The topological polar surface area (TPSA) is 53.3 Å². The van der Waals surface area contributed by atoms with E-state index in [4.69, 9.17) is 4.74 Å². The number of likely N-dealkylation sites (N-methyl/N-ethyl adjacent to an activating group) is 1. The molecule has 0 aromatic heterocycles. The Bertz CT molecular complexity index is 580. The average molecular weight is 298 g/mol. The van der Waals surface area contributed by atoms with Gasteiger partial charge in [-0.2, -0.15) is 5.26 Å². The van der Waals surface area contributed by atoms with Crippen molar-refractivity contribution in [2.24, 2.45) is 0 Å². The highest BCUT2D eigenvalue weighted by atomic mass is 16.5. The van der Waals surface area contributed by atoms with Crippen molar-refractivity contribution in [3.05, 3.63) is 35.9 Å². The van der Waals surface area contributed by atoms with E-state index in [0.29, 0.717) is 6.61 Å². The molecule has 0 radical (unpaired) electrons. The van der Waals surface area contributed by atoms with E-state index in [2.05, 4.69) is 13.0 Å². The van der Waals surface area contributed by atoms with E-state index in [1.165, 1.54) is 6.08 Å². The van der Waals surface area contributed by atoms with Gasteiger partial charge in [0.1, 0.15) is 11.3 Å². The maximum absolute atomic E-state index is 12.2. The molecule has 116 valence electrons. The molecular formula is C18H22N2O2. The van der Waals surface area contributed by atoms with Crippen molar-refractivity contribution in [1.29, 1.82) is 5.26 Å². The average Bonchev–Trinajstić information content (AvgIpc) is 2.51. The summed E-state index contributed by atoms with van der Waals surface area (Å²) < 4.78 is 5.52. The van der Waals surface area contributed by atoms with Crippen molar-refractivity contribution >= 4 is 12.0 Å². The Labute approximate surface area is 132 Å². The number of nitrogens with zero attached hydrogens (tertiary/aromatic N) is 2. The molecule has 4 nitrogen and oxygen atoms in total. The lowest BCUT2D eigenvalue weighted by Crippen LogP contribution is -2.52. The summed E-state index contributed by atoms with van der Waals surface area (Å²) >= 11 is 0. The first-order chi connectivity index (χ1) is 10.6. The number of carbonyl (C=O) groups excluding carboxylic acids is 1. The van der Waals surface area contributed by atoms with Gasteiger partial charge in [-0.15, -0.1) is 0 Å². The van der Waals surface area contributed by atoms with Crippen molar-refractivity contribution in [3.8, 4) is 11.8 Å². The SMILES string of the molecule is CCCOc1ccc(/C=C/C(=O)N(C)C2(C#N)CCC2)cc1. The molecule has 0 spiro atoms. The summed E-state index contributed by atoms with van der Waals surface area (Å²) in [6, 6.07) is 9.90. The molecule has 0 saturated heterocycles. The molecule has 2 rings (SSSR count). The van der Waals surface area contributed by atoms with E-state index in [1.54, 1.807) is 18.0 Å². The van der Waals surface area contributed by atoms with Crippen LogP contribution in [-0.4, -0.2) is 30.0 Å². The molecule has 0 N–H and O–H groups in total. The summed E-state index contributed by atoms with van der Waals surface area (Å²) in [5.74, 6) is 0.702.